The van der Waals surface area contributed by atoms with Crippen LogP contribution in [0.25, 0.3) is 5.52 Å². The molecule has 3 heterocycles. The lowest BCUT2D eigenvalue weighted by molar-refractivity contribution is 0.920. The van der Waals surface area contributed by atoms with Gasteiger partial charge in [-0.3, -0.25) is 0 Å². The lowest BCUT2D eigenvalue weighted by Crippen LogP contribution is -2.02. The van der Waals surface area contributed by atoms with Gasteiger partial charge < -0.3 is 5.32 Å². The molecule has 0 aliphatic rings. The van der Waals surface area contributed by atoms with Gasteiger partial charge in [0.25, 0.3) is 0 Å². The second-order valence-electron chi connectivity index (χ2n) is 3.88. The molecule has 1 N–H and O–H groups in total. The van der Waals surface area contributed by atoms with E-state index in [-0.39, 0.29) is 0 Å². The molecular formula is C12H12N4S. The fourth-order valence-corrected chi connectivity index (χ4v) is 2.43. The normalized spacial score (nSPS) is 10.9. The van der Waals surface area contributed by atoms with Gasteiger partial charge in [-0.15, -0.1) is 0 Å². The number of hydrogen-bond acceptors (Lipinski definition) is 4. The van der Waals surface area contributed by atoms with Crippen LogP contribution >= 0.6 is 11.3 Å². The summed E-state index contributed by atoms with van der Waals surface area (Å²) in [5.74, 6) is 0.874. The van der Waals surface area contributed by atoms with Crippen molar-refractivity contribution in [1.29, 1.82) is 0 Å². The van der Waals surface area contributed by atoms with Gasteiger partial charge in [0.05, 0.1) is 5.69 Å². The van der Waals surface area contributed by atoms with Gasteiger partial charge in [-0.25, -0.2) is 9.50 Å². The first-order valence-electron chi connectivity index (χ1n) is 5.39. The summed E-state index contributed by atoms with van der Waals surface area (Å²) >= 11 is 1.70. The first kappa shape index (κ1) is 10.3. The smallest absolute Gasteiger partial charge is 0.152 e. The number of aryl methyl sites for hydroxylation is 1. The molecule has 0 atom stereocenters. The number of thiophene rings is 1. The van der Waals surface area contributed by atoms with Crippen LogP contribution in [0.4, 0.5) is 5.82 Å². The minimum absolute atomic E-state index is 0.792. The van der Waals surface area contributed by atoms with Crippen molar-refractivity contribution in [3.63, 3.8) is 0 Å². The number of anilines is 1. The summed E-state index contributed by atoms with van der Waals surface area (Å²) in [6.07, 6.45) is 3.62. The van der Waals surface area contributed by atoms with Crippen LogP contribution in [0, 0.1) is 6.92 Å². The Labute approximate surface area is 103 Å². The zero-order valence-electron chi connectivity index (χ0n) is 9.42. The molecular weight excluding hydrogens is 232 g/mol. The van der Waals surface area contributed by atoms with Gasteiger partial charge in [-0.2, -0.15) is 16.4 Å². The van der Waals surface area contributed by atoms with E-state index in [2.05, 4.69) is 32.2 Å². The number of hydrogen-bond donors (Lipinski definition) is 1. The Balaban J connectivity index is 1.89. The Bertz CT molecular complexity index is 627. The monoisotopic (exact) mass is 244 g/mol. The highest BCUT2D eigenvalue weighted by Gasteiger charge is 2.04. The first-order valence-corrected chi connectivity index (χ1v) is 6.33. The summed E-state index contributed by atoms with van der Waals surface area (Å²) in [7, 11) is 0. The van der Waals surface area contributed by atoms with Crippen molar-refractivity contribution in [2.75, 3.05) is 5.32 Å². The topological polar surface area (TPSA) is 42.2 Å². The van der Waals surface area contributed by atoms with Crippen LogP contribution in [0.1, 0.15) is 11.3 Å². The second kappa shape index (κ2) is 4.18. The van der Waals surface area contributed by atoms with E-state index < -0.39 is 0 Å². The van der Waals surface area contributed by atoms with Crippen LogP contribution in [0.5, 0.6) is 0 Å². The predicted octanol–water partition coefficient (Wildman–Crippen LogP) is 2.71. The lowest BCUT2D eigenvalue weighted by atomic mass is 10.3. The highest BCUT2D eigenvalue weighted by Crippen LogP contribution is 2.16. The maximum absolute atomic E-state index is 4.36. The highest BCUT2D eigenvalue weighted by atomic mass is 32.1. The lowest BCUT2D eigenvalue weighted by Gasteiger charge is -2.05. The van der Waals surface area contributed by atoms with Gasteiger partial charge in [0.15, 0.2) is 5.82 Å². The molecule has 3 aromatic heterocycles. The van der Waals surface area contributed by atoms with Gasteiger partial charge in [0, 0.05) is 18.9 Å². The number of fused-ring (bicyclic) bond motifs is 1. The Morgan fingerprint density at radius 2 is 2.41 bits per heavy atom. The Kier molecular flexibility index (Phi) is 2.53. The van der Waals surface area contributed by atoms with Crippen LogP contribution in [-0.4, -0.2) is 14.6 Å². The van der Waals surface area contributed by atoms with E-state index in [1.54, 1.807) is 17.5 Å². The van der Waals surface area contributed by atoms with Crippen molar-refractivity contribution in [2.45, 2.75) is 13.5 Å². The Morgan fingerprint density at radius 3 is 3.24 bits per heavy atom. The van der Waals surface area contributed by atoms with E-state index in [1.807, 2.05) is 23.7 Å². The van der Waals surface area contributed by atoms with E-state index in [0.29, 0.717) is 0 Å². The van der Waals surface area contributed by atoms with E-state index in [1.165, 1.54) is 5.56 Å². The molecule has 0 unspecified atom stereocenters. The van der Waals surface area contributed by atoms with Gasteiger partial charge >= 0.3 is 0 Å². The van der Waals surface area contributed by atoms with Crippen molar-refractivity contribution in [3.8, 4) is 0 Å². The molecule has 86 valence electrons. The molecule has 0 radical (unpaired) electrons. The summed E-state index contributed by atoms with van der Waals surface area (Å²) in [6, 6.07) is 4.14. The molecule has 5 heteroatoms. The first-order chi connectivity index (χ1) is 8.33. The number of rotatable bonds is 3. The standard InChI is InChI=1S/C12H12N4S/c1-9-6-11-12(13-3-4-16(11)15-9)14-7-10-2-5-17-8-10/h2-6,8H,7H2,1H3,(H,13,14). The summed E-state index contributed by atoms with van der Waals surface area (Å²) in [5.41, 5.74) is 3.28. The summed E-state index contributed by atoms with van der Waals surface area (Å²) in [6.45, 7) is 2.77. The van der Waals surface area contributed by atoms with Crippen molar-refractivity contribution in [1.82, 2.24) is 14.6 Å². The van der Waals surface area contributed by atoms with Gasteiger partial charge in [0.1, 0.15) is 5.52 Å². The number of aromatic nitrogens is 3. The summed E-state index contributed by atoms with van der Waals surface area (Å²) in [5, 5.41) is 11.9. The molecule has 0 amide bonds. The van der Waals surface area contributed by atoms with Crippen LogP contribution in [0.2, 0.25) is 0 Å². The van der Waals surface area contributed by atoms with E-state index >= 15 is 0 Å². The largest absolute Gasteiger partial charge is 0.364 e. The molecule has 17 heavy (non-hydrogen) atoms. The predicted molar refractivity (Wildman–Crippen MR) is 69.4 cm³/mol. The van der Waals surface area contributed by atoms with Crippen molar-refractivity contribution in [3.05, 3.63) is 46.5 Å². The molecule has 0 saturated carbocycles. The molecule has 0 aliphatic carbocycles. The van der Waals surface area contributed by atoms with Gasteiger partial charge in [-0.1, -0.05) is 0 Å². The molecule has 0 fully saturated rings. The maximum Gasteiger partial charge on any atom is 0.152 e. The maximum atomic E-state index is 4.36. The number of nitrogens with zero attached hydrogens (tertiary/aromatic N) is 3. The van der Waals surface area contributed by atoms with E-state index in [4.69, 9.17) is 0 Å². The van der Waals surface area contributed by atoms with Crippen molar-refractivity contribution in [2.24, 2.45) is 0 Å². The minimum Gasteiger partial charge on any atom is -0.364 e. The quantitative estimate of drug-likeness (QED) is 0.770. The zero-order chi connectivity index (χ0) is 11.7. The Morgan fingerprint density at radius 1 is 1.47 bits per heavy atom. The molecule has 0 aromatic carbocycles. The molecule has 0 bridgehead atoms. The SMILES string of the molecule is Cc1cc2c(NCc3ccsc3)nccn2n1. The van der Waals surface area contributed by atoms with E-state index in [0.717, 1.165) is 23.6 Å². The van der Waals surface area contributed by atoms with Gasteiger partial charge in [0.2, 0.25) is 0 Å². The third kappa shape index (κ3) is 2.01. The van der Waals surface area contributed by atoms with Crippen LogP contribution in [0.3, 0.4) is 0 Å². The Hall–Kier alpha value is -1.88. The molecule has 3 aromatic rings. The average molecular weight is 244 g/mol. The van der Waals surface area contributed by atoms with Crippen LogP contribution in [-0.2, 0) is 6.54 Å². The highest BCUT2D eigenvalue weighted by molar-refractivity contribution is 7.07. The van der Waals surface area contributed by atoms with Crippen LogP contribution in [0.15, 0.2) is 35.3 Å². The van der Waals surface area contributed by atoms with E-state index in [9.17, 15) is 0 Å². The molecule has 0 spiro atoms. The third-order valence-corrected chi connectivity index (χ3v) is 3.28. The number of nitrogens with one attached hydrogen (secondary N) is 1. The van der Waals surface area contributed by atoms with Crippen molar-refractivity contribution >= 4 is 22.7 Å². The molecule has 0 aliphatic heterocycles. The fourth-order valence-electron chi connectivity index (χ4n) is 1.76. The summed E-state index contributed by atoms with van der Waals surface area (Å²) in [4.78, 5) is 4.35. The summed E-state index contributed by atoms with van der Waals surface area (Å²) < 4.78 is 1.85. The molecule has 0 saturated heterocycles. The molecule has 4 nitrogen and oxygen atoms in total. The van der Waals surface area contributed by atoms with Gasteiger partial charge in [-0.05, 0) is 35.4 Å². The second-order valence-corrected chi connectivity index (χ2v) is 4.66. The third-order valence-electron chi connectivity index (χ3n) is 2.55. The fraction of sp³-hybridized carbons (Fsp3) is 0.167. The molecule has 3 rings (SSSR count). The zero-order valence-corrected chi connectivity index (χ0v) is 10.2. The van der Waals surface area contributed by atoms with Crippen LogP contribution < -0.4 is 5.32 Å². The minimum atomic E-state index is 0.792. The average Bonchev–Trinajstić information content (AvgIpc) is 2.93. The van der Waals surface area contributed by atoms with Crippen molar-refractivity contribution < 1.29 is 0 Å².